The fraction of sp³-hybridized carbons (Fsp3) is 0.536. The molecule has 27 heteroatoms. The van der Waals surface area contributed by atoms with Gasteiger partial charge in [-0.15, -0.1) is 0 Å². The van der Waals surface area contributed by atoms with Crippen LogP contribution in [0.1, 0.15) is 165 Å². The maximum absolute atomic E-state index is 15.3. The van der Waals surface area contributed by atoms with Crippen molar-refractivity contribution < 1.29 is 109 Å². The van der Waals surface area contributed by atoms with Crippen molar-refractivity contribution in [3.63, 3.8) is 0 Å². The van der Waals surface area contributed by atoms with Crippen molar-refractivity contribution in [2.75, 3.05) is 19.8 Å². The first kappa shape index (κ1) is 86.3. The van der Waals surface area contributed by atoms with Crippen LogP contribution in [-0.4, -0.2) is 194 Å². The summed E-state index contributed by atoms with van der Waals surface area (Å²) >= 11 is 0. The summed E-state index contributed by atoms with van der Waals surface area (Å²) in [6.07, 6.45) is -15.8. The summed E-state index contributed by atoms with van der Waals surface area (Å²) in [4.78, 5) is 50.5. The van der Waals surface area contributed by atoms with Crippen molar-refractivity contribution in [1.82, 2.24) is 4.90 Å². The molecule has 7 heterocycles. The second-order valence-electron chi connectivity index (χ2n) is 35.2. The highest BCUT2D eigenvalue weighted by Gasteiger charge is 2.69. The van der Waals surface area contributed by atoms with E-state index in [4.69, 9.17) is 90.0 Å². The van der Waals surface area contributed by atoms with Gasteiger partial charge in [-0.25, -0.2) is 4.79 Å². The largest absolute Gasteiger partial charge is 0.509 e. The molecule has 0 bridgehead atoms. The minimum Gasteiger partial charge on any atom is -0.431 e. The van der Waals surface area contributed by atoms with Gasteiger partial charge in [0.1, 0.15) is 110 Å². The second-order valence-corrected chi connectivity index (χ2v) is 35.2. The van der Waals surface area contributed by atoms with E-state index in [1.807, 2.05) is 182 Å². The number of ether oxygens (including phenoxy) is 19. The van der Waals surface area contributed by atoms with Crippen LogP contribution in [0.3, 0.4) is 0 Å². The van der Waals surface area contributed by atoms with Gasteiger partial charge in [-0.2, -0.15) is 0 Å². The molecule has 18 rings (SSSR count). The van der Waals surface area contributed by atoms with Gasteiger partial charge in [0.15, 0.2) is 42.8 Å². The normalized spacial score (nSPS) is 34.2. The Morgan fingerprint density at radius 2 is 0.968 bits per heavy atom. The Labute approximate surface area is 722 Å². The summed E-state index contributed by atoms with van der Waals surface area (Å²) in [5.41, 5.74) is 16.2. The van der Waals surface area contributed by atoms with Crippen LogP contribution in [0.2, 0.25) is 0 Å². The molecule has 6 saturated heterocycles. The Hall–Kier alpha value is -8.46. The summed E-state index contributed by atoms with van der Waals surface area (Å²) in [6.45, 7) is 5.64. The third kappa shape index (κ3) is 19.1. The Balaban J connectivity index is 0.728. The number of amides is 2. The van der Waals surface area contributed by atoms with Crippen molar-refractivity contribution in [1.29, 1.82) is 0 Å². The first-order chi connectivity index (χ1) is 60.7. The van der Waals surface area contributed by atoms with E-state index in [0.29, 0.717) is 38.0 Å². The average molecular weight is 1700 g/mol. The van der Waals surface area contributed by atoms with Gasteiger partial charge in [0, 0.05) is 36.2 Å². The first-order valence-electron chi connectivity index (χ1n) is 44.4. The Kier molecular flexibility index (Phi) is 27.4. The summed E-state index contributed by atoms with van der Waals surface area (Å²) < 4.78 is 136. The standard InChI is InChI=1S/C97H112N4O23/c1-59(2)67-45-44-60(3)50-70(67)116-95(105)120-84-83(85-87(123-96(121-85)46-26-10-27-47-96)88-86(84)122-97(124-88)48-28-11-29-49-97)119-92-74(99-100-98)80(108-53-63-34-16-6-17-35-63)78(71(113-92)56-106-51-61-30-12-4-13-31-61)118-94-82(110-55-65-38-20-8-21-39-65)76(102)77(107-52-62-32-14-5-15-33-62)72(115-94)57-112-93-75(101-89(103)68-42-24-25-43-69(68)90(101)104)81(109-54-64-36-18-7-19-37-64)79-73(114-93)58-111-91(117-79)66-40-22-9-23-41-66/h4-9,12-25,30-43,59-60,67,70-88,91-94,102H,10-11,26-29,44-58H2,1-3H3/t60-,67+,70-,71-,72-,73-,74-,75-,76+,77-,78-,79-,80-,81-,82+,83+,84+,85-,86+,87+,88+,91-,92-,93-,94-/m1/s1. The van der Waals surface area contributed by atoms with Gasteiger partial charge < -0.3 is 95.1 Å². The summed E-state index contributed by atoms with van der Waals surface area (Å²) in [7, 11) is 0. The van der Waals surface area contributed by atoms with Crippen LogP contribution in [0.5, 0.6) is 0 Å². The summed E-state index contributed by atoms with van der Waals surface area (Å²) in [5, 5.41) is 18.3. The molecule has 27 nitrogen and oxygen atoms in total. The number of benzene rings is 7. The molecule has 0 unspecified atom stereocenters. The third-order valence-electron chi connectivity index (χ3n) is 26.5. The molecule has 658 valence electrons. The van der Waals surface area contributed by atoms with Crippen LogP contribution in [0.4, 0.5) is 4.79 Å². The number of fused-ring (bicyclic) bond motifs is 5. The average Bonchev–Trinajstić information content (AvgIpc) is 1.55. The minimum absolute atomic E-state index is 0.0201. The predicted molar refractivity (Wildman–Crippen MR) is 445 cm³/mol. The van der Waals surface area contributed by atoms with E-state index in [-0.39, 0.29) is 69.2 Å². The monoisotopic (exact) mass is 1700 g/mol. The number of rotatable bonds is 29. The number of carbonyl (C=O) groups is 3. The molecule has 2 spiro atoms. The number of hydrogen-bond acceptors (Lipinski definition) is 24. The molecule has 7 aromatic carbocycles. The van der Waals surface area contributed by atoms with E-state index in [9.17, 15) is 10.6 Å². The van der Waals surface area contributed by atoms with Gasteiger partial charge in [0.05, 0.1) is 64.0 Å². The van der Waals surface area contributed by atoms with Gasteiger partial charge in [-0.05, 0) is 102 Å². The molecule has 11 aliphatic rings. The van der Waals surface area contributed by atoms with Crippen molar-refractivity contribution in [3.05, 3.63) is 261 Å². The molecule has 25 atom stereocenters. The Morgan fingerprint density at radius 1 is 0.492 bits per heavy atom. The lowest BCUT2D eigenvalue weighted by Gasteiger charge is -2.51. The number of nitrogens with zero attached hydrogens (tertiary/aromatic N) is 4. The maximum Gasteiger partial charge on any atom is 0.509 e. The fourth-order valence-electron chi connectivity index (χ4n) is 20.2. The predicted octanol–water partition coefficient (Wildman–Crippen LogP) is 15.2. The van der Waals surface area contributed by atoms with Gasteiger partial charge in [0.2, 0.25) is 0 Å². The van der Waals surface area contributed by atoms with Crippen molar-refractivity contribution in [3.8, 4) is 0 Å². The van der Waals surface area contributed by atoms with Crippen LogP contribution in [0.15, 0.2) is 211 Å². The molecular formula is C97H112N4O23. The summed E-state index contributed by atoms with van der Waals surface area (Å²) in [6, 6.07) is 60.7. The zero-order chi connectivity index (χ0) is 84.7. The second kappa shape index (κ2) is 39.4. The van der Waals surface area contributed by atoms with Crippen molar-refractivity contribution in [2.45, 2.75) is 290 Å². The highest BCUT2D eigenvalue weighted by atomic mass is 16.8. The van der Waals surface area contributed by atoms with E-state index < -0.39 is 177 Å². The SMILES string of the molecule is CC(C)[C@@H]1CC[C@@H](C)C[C@H]1OC(=O)O[C@H]1[C@H](O[C@H]2O[C@H](COCc3ccccc3)[C@@H](O[C@H]3O[C@H](CO[C@@H]4O[C@@H]5CO[C@@H](c6ccccc6)O[C@H]5[C@H](OCc5ccccc5)[C@H]4N4C(=O)c5ccccc5C4=O)[C@@H](OCc4ccccc4)[C@H](O)[C@@H]3OCc3ccccc3)[C@H](OCc3ccccc3)[C@H]2N=[N+]=[N-])[C@H]2OC3(CCCCC3)O[C@@H]2[C@H]2OC3(CCCCC3)O[C@@H]12. The van der Waals surface area contributed by atoms with Crippen molar-refractivity contribution in [2.24, 2.45) is 22.9 Å². The fourth-order valence-corrected chi connectivity index (χ4v) is 20.2. The highest BCUT2D eigenvalue weighted by Crippen LogP contribution is 2.54. The molecule has 4 aliphatic carbocycles. The maximum atomic E-state index is 15.3. The topological polar surface area (TPSA) is 299 Å². The van der Waals surface area contributed by atoms with E-state index in [0.717, 1.165) is 89.6 Å². The lowest BCUT2D eigenvalue weighted by molar-refractivity contribution is -0.376. The molecule has 0 aromatic heterocycles. The van der Waals surface area contributed by atoms with E-state index in [2.05, 4.69) is 30.8 Å². The van der Waals surface area contributed by atoms with Crippen LogP contribution in [0.25, 0.3) is 10.4 Å². The first-order valence-corrected chi connectivity index (χ1v) is 44.4. The van der Waals surface area contributed by atoms with E-state index in [1.54, 1.807) is 24.3 Å². The number of hydrogen-bond donors (Lipinski definition) is 1. The lowest BCUT2D eigenvalue weighted by Crippen LogP contribution is -2.69. The van der Waals surface area contributed by atoms with Gasteiger partial charge >= 0.3 is 6.16 Å². The quantitative estimate of drug-likeness (QED) is 0.0150. The van der Waals surface area contributed by atoms with Crippen molar-refractivity contribution >= 4 is 18.0 Å². The highest BCUT2D eigenvalue weighted by molar-refractivity contribution is 6.21. The van der Waals surface area contributed by atoms with E-state index in [1.165, 1.54) is 0 Å². The molecule has 0 radical (unpaired) electrons. The van der Waals surface area contributed by atoms with Crippen LogP contribution >= 0.6 is 0 Å². The van der Waals surface area contributed by atoms with Gasteiger partial charge in [0.25, 0.3) is 11.8 Å². The van der Waals surface area contributed by atoms with Crippen LogP contribution < -0.4 is 0 Å². The molecule has 2 amide bonds. The molecule has 7 aliphatic heterocycles. The number of aliphatic hydroxyl groups is 1. The van der Waals surface area contributed by atoms with Crippen LogP contribution in [-0.2, 0) is 123 Å². The number of carbonyl (C=O) groups excluding carboxylic acids is 3. The van der Waals surface area contributed by atoms with Gasteiger partial charge in [-0.1, -0.05) is 239 Å². The number of aliphatic hydroxyl groups excluding tert-OH is 1. The number of imide groups is 1. The Morgan fingerprint density at radius 3 is 1.52 bits per heavy atom. The number of azide groups is 1. The van der Waals surface area contributed by atoms with Gasteiger partial charge in [-0.3, -0.25) is 14.5 Å². The molecule has 124 heavy (non-hydrogen) atoms. The Bertz CT molecular complexity index is 4650. The molecule has 4 saturated carbocycles. The molecule has 10 fully saturated rings. The molecule has 7 aromatic rings. The zero-order valence-electron chi connectivity index (χ0n) is 70.2. The molecule has 1 N–H and O–H groups in total. The lowest BCUT2D eigenvalue weighted by atomic mass is 9.75. The molecular weight excluding hydrogens is 1590 g/mol. The third-order valence-corrected chi connectivity index (χ3v) is 26.5. The summed E-state index contributed by atoms with van der Waals surface area (Å²) in [5.74, 6) is -2.73. The minimum atomic E-state index is -1.65. The zero-order valence-corrected chi connectivity index (χ0v) is 70.2. The van der Waals surface area contributed by atoms with E-state index >= 15 is 14.4 Å². The smallest absolute Gasteiger partial charge is 0.431 e. The van der Waals surface area contributed by atoms with Crippen LogP contribution in [0, 0.1) is 17.8 Å².